The first-order valence-corrected chi connectivity index (χ1v) is 7.85. The monoisotopic (exact) mass is 294 g/mol. The van der Waals surface area contributed by atoms with E-state index in [1.165, 1.54) is 25.8 Å². The summed E-state index contributed by atoms with van der Waals surface area (Å²) in [7, 11) is 0. The predicted octanol–water partition coefficient (Wildman–Crippen LogP) is 2.64. The Hall–Kier alpha value is -1.33. The SMILES string of the molecule is Cc1oc(C(=O)O)cc1CNCCCN1CCCCC1C. The van der Waals surface area contributed by atoms with Crippen LogP contribution in [0.5, 0.6) is 0 Å². The fourth-order valence-electron chi connectivity index (χ4n) is 2.92. The van der Waals surface area contributed by atoms with Gasteiger partial charge in [-0.05, 0) is 58.8 Å². The van der Waals surface area contributed by atoms with E-state index in [0.717, 1.165) is 25.1 Å². The molecule has 118 valence electrons. The van der Waals surface area contributed by atoms with Crippen LogP contribution >= 0.6 is 0 Å². The highest BCUT2D eigenvalue weighted by Crippen LogP contribution is 2.16. The van der Waals surface area contributed by atoms with Crippen molar-refractivity contribution < 1.29 is 14.3 Å². The number of hydrogen-bond donors (Lipinski definition) is 2. The first-order chi connectivity index (χ1) is 10.1. The topological polar surface area (TPSA) is 65.7 Å². The van der Waals surface area contributed by atoms with Gasteiger partial charge >= 0.3 is 5.97 Å². The quantitative estimate of drug-likeness (QED) is 0.757. The van der Waals surface area contributed by atoms with Crippen LogP contribution in [-0.4, -0.2) is 41.7 Å². The number of carboxylic acid groups (broad SMARTS) is 1. The van der Waals surface area contributed by atoms with E-state index >= 15 is 0 Å². The molecule has 1 aromatic heterocycles. The molecule has 0 saturated carbocycles. The van der Waals surface area contributed by atoms with Gasteiger partial charge < -0.3 is 19.7 Å². The Labute approximate surface area is 126 Å². The summed E-state index contributed by atoms with van der Waals surface area (Å²) in [5.74, 6) is -0.306. The van der Waals surface area contributed by atoms with Crippen molar-refractivity contribution in [1.82, 2.24) is 10.2 Å². The third kappa shape index (κ3) is 4.58. The van der Waals surface area contributed by atoms with E-state index in [-0.39, 0.29) is 5.76 Å². The summed E-state index contributed by atoms with van der Waals surface area (Å²) in [4.78, 5) is 13.4. The molecular weight excluding hydrogens is 268 g/mol. The molecule has 2 N–H and O–H groups in total. The molecule has 5 nitrogen and oxygen atoms in total. The smallest absolute Gasteiger partial charge is 0.371 e. The number of aryl methyl sites for hydroxylation is 1. The standard InChI is InChI=1S/C16H26N2O3/c1-12-6-3-4-8-18(12)9-5-7-17-11-14-10-15(16(19)20)21-13(14)2/h10,12,17H,3-9,11H2,1-2H3,(H,19,20). The lowest BCUT2D eigenvalue weighted by Crippen LogP contribution is -2.38. The first kappa shape index (κ1) is 16.0. The number of hydrogen-bond acceptors (Lipinski definition) is 4. The molecule has 0 aliphatic carbocycles. The van der Waals surface area contributed by atoms with Crippen molar-refractivity contribution in [2.24, 2.45) is 0 Å². The summed E-state index contributed by atoms with van der Waals surface area (Å²) in [5.41, 5.74) is 0.929. The van der Waals surface area contributed by atoms with Crippen molar-refractivity contribution in [1.29, 1.82) is 0 Å². The highest BCUT2D eigenvalue weighted by molar-refractivity contribution is 5.84. The van der Waals surface area contributed by atoms with Crippen molar-refractivity contribution in [2.75, 3.05) is 19.6 Å². The van der Waals surface area contributed by atoms with Crippen molar-refractivity contribution in [2.45, 2.75) is 52.1 Å². The van der Waals surface area contributed by atoms with E-state index in [0.29, 0.717) is 18.3 Å². The van der Waals surface area contributed by atoms with Gasteiger partial charge in [0.25, 0.3) is 0 Å². The summed E-state index contributed by atoms with van der Waals surface area (Å²) < 4.78 is 5.19. The minimum atomic E-state index is -1.01. The molecule has 0 bridgehead atoms. The van der Waals surface area contributed by atoms with Crippen LogP contribution in [0.2, 0.25) is 0 Å². The minimum absolute atomic E-state index is 0.0199. The molecule has 1 atom stereocenters. The van der Waals surface area contributed by atoms with Gasteiger partial charge in [0.1, 0.15) is 5.76 Å². The van der Waals surface area contributed by atoms with E-state index in [2.05, 4.69) is 17.1 Å². The second-order valence-corrected chi connectivity index (χ2v) is 5.91. The average molecular weight is 294 g/mol. The summed E-state index contributed by atoms with van der Waals surface area (Å²) in [5, 5.41) is 12.3. The van der Waals surface area contributed by atoms with Gasteiger partial charge in [-0.15, -0.1) is 0 Å². The lowest BCUT2D eigenvalue weighted by molar-refractivity contribution is 0.0661. The Morgan fingerprint density at radius 3 is 3.00 bits per heavy atom. The van der Waals surface area contributed by atoms with Gasteiger partial charge in [0.15, 0.2) is 0 Å². The van der Waals surface area contributed by atoms with E-state index < -0.39 is 5.97 Å². The molecule has 5 heteroatoms. The van der Waals surface area contributed by atoms with E-state index in [9.17, 15) is 4.79 Å². The molecule has 1 aliphatic rings. The zero-order valence-corrected chi connectivity index (χ0v) is 13.0. The zero-order chi connectivity index (χ0) is 15.2. The highest BCUT2D eigenvalue weighted by atomic mass is 16.4. The minimum Gasteiger partial charge on any atom is -0.475 e. The summed E-state index contributed by atoms with van der Waals surface area (Å²) in [6.45, 7) is 8.09. The van der Waals surface area contributed by atoms with Crippen molar-refractivity contribution in [3.8, 4) is 0 Å². The Kier molecular flexibility index (Phi) is 5.82. The maximum atomic E-state index is 10.8. The molecule has 0 spiro atoms. The van der Waals surface area contributed by atoms with Gasteiger partial charge in [0.2, 0.25) is 5.76 Å². The molecule has 0 amide bonds. The van der Waals surface area contributed by atoms with E-state index in [1.807, 2.05) is 0 Å². The second-order valence-electron chi connectivity index (χ2n) is 5.91. The van der Waals surface area contributed by atoms with Gasteiger partial charge in [0.05, 0.1) is 0 Å². The van der Waals surface area contributed by atoms with Crippen LogP contribution in [0, 0.1) is 6.92 Å². The molecule has 1 saturated heterocycles. The number of carbonyl (C=O) groups is 1. The molecule has 2 rings (SSSR count). The maximum Gasteiger partial charge on any atom is 0.371 e. The Morgan fingerprint density at radius 2 is 2.33 bits per heavy atom. The number of likely N-dealkylation sites (tertiary alicyclic amines) is 1. The van der Waals surface area contributed by atoms with Gasteiger partial charge in [-0.2, -0.15) is 0 Å². The predicted molar refractivity (Wildman–Crippen MR) is 81.6 cm³/mol. The van der Waals surface area contributed by atoms with Crippen LogP contribution in [0.3, 0.4) is 0 Å². The van der Waals surface area contributed by atoms with Crippen LogP contribution in [0.15, 0.2) is 10.5 Å². The molecule has 1 aromatic rings. The van der Waals surface area contributed by atoms with Gasteiger partial charge in [-0.25, -0.2) is 4.79 Å². The first-order valence-electron chi connectivity index (χ1n) is 7.85. The van der Waals surface area contributed by atoms with Gasteiger partial charge in [0, 0.05) is 18.2 Å². The summed E-state index contributed by atoms with van der Waals surface area (Å²) >= 11 is 0. The Bertz CT molecular complexity index is 470. The van der Waals surface area contributed by atoms with E-state index in [1.54, 1.807) is 13.0 Å². The van der Waals surface area contributed by atoms with Crippen LogP contribution in [0.25, 0.3) is 0 Å². The van der Waals surface area contributed by atoms with Crippen LogP contribution in [0.4, 0.5) is 0 Å². The number of furan rings is 1. The molecule has 1 unspecified atom stereocenters. The molecule has 0 aromatic carbocycles. The molecule has 1 fully saturated rings. The number of nitrogens with one attached hydrogen (secondary N) is 1. The largest absolute Gasteiger partial charge is 0.475 e. The normalized spacial score (nSPS) is 19.8. The second kappa shape index (κ2) is 7.61. The fraction of sp³-hybridized carbons (Fsp3) is 0.688. The molecule has 2 heterocycles. The average Bonchev–Trinajstić information content (AvgIpc) is 2.82. The highest BCUT2D eigenvalue weighted by Gasteiger charge is 2.17. The van der Waals surface area contributed by atoms with Crippen LogP contribution in [0.1, 0.15) is 54.5 Å². The van der Waals surface area contributed by atoms with Gasteiger partial charge in [-0.1, -0.05) is 6.42 Å². The van der Waals surface area contributed by atoms with Gasteiger partial charge in [-0.3, -0.25) is 0 Å². The number of nitrogens with zero attached hydrogens (tertiary/aromatic N) is 1. The van der Waals surface area contributed by atoms with E-state index in [4.69, 9.17) is 9.52 Å². The summed E-state index contributed by atoms with van der Waals surface area (Å²) in [6, 6.07) is 2.32. The number of piperidine rings is 1. The van der Waals surface area contributed by atoms with Crippen LogP contribution < -0.4 is 5.32 Å². The summed E-state index contributed by atoms with van der Waals surface area (Å²) in [6.07, 6.45) is 5.12. The zero-order valence-electron chi connectivity index (χ0n) is 13.0. The molecular formula is C16H26N2O3. The maximum absolute atomic E-state index is 10.8. The van der Waals surface area contributed by atoms with Crippen LogP contribution in [-0.2, 0) is 6.54 Å². The molecule has 0 radical (unpaired) electrons. The Balaban J connectivity index is 1.66. The van der Waals surface area contributed by atoms with Crippen molar-refractivity contribution in [3.05, 3.63) is 23.2 Å². The molecule has 1 aliphatic heterocycles. The fourth-order valence-corrected chi connectivity index (χ4v) is 2.92. The third-order valence-electron chi connectivity index (χ3n) is 4.29. The third-order valence-corrected chi connectivity index (χ3v) is 4.29. The van der Waals surface area contributed by atoms with Crippen molar-refractivity contribution in [3.63, 3.8) is 0 Å². The van der Waals surface area contributed by atoms with Crippen molar-refractivity contribution >= 4 is 5.97 Å². The molecule has 21 heavy (non-hydrogen) atoms. The Morgan fingerprint density at radius 1 is 1.52 bits per heavy atom. The number of aromatic carboxylic acids is 1. The lowest BCUT2D eigenvalue weighted by Gasteiger charge is -2.33. The number of carboxylic acids is 1. The number of rotatable bonds is 7. The lowest BCUT2D eigenvalue weighted by atomic mass is 10.0.